The molecule has 1 heterocycles. The number of halogens is 3. The van der Waals surface area contributed by atoms with E-state index < -0.39 is 18.1 Å². The molecule has 0 spiro atoms. The zero-order valence-corrected chi connectivity index (χ0v) is 24.1. The van der Waals surface area contributed by atoms with Gasteiger partial charge in [0.15, 0.2) is 12.0 Å². The Labute approximate surface area is 235 Å². The van der Waals surface area contributed by atoms with E-state index in [4.69, 9.17) is 39.5 Å². The van der Waals surface area contributed by atoms with Crippen molar-refractivity contribution >= 4 is 64.5 Å². The molecule has 2 amide bonds. The number of hydrogen-bond acceptors (Lipinski definition) is 5. The monoisotopic (exact) mass is 573 g/mol. The quantitative estimate of drug-likeness (QED) is 0.139. The van der Waals surface area contributed by atoms with Crippen LogP contribution in [0.15, 0.2) is 17.2 Å². The second-order valence-electron chi connectivity index (χ2n) is 9.30. The van der Waals surface area contributed by atoms with Crippen molar-refractivity contribution in [3.8, 4) is 0 Å². The average Bonchev–Trinajstić information content (AvgIpc) is 3.16. The van der Waals surface area contributed by atoms with E-state index in [-0.39, 0.29) is 26.5 Å². The maximum absolute atomic E-state index is 13.2. The number of unbranched alkanes of at least 4 members (excludes halogenated alkanes) is 10. The first kappa shape index (κ1) is 31.4. The fourth-order valence-electron chi connectivity index (χ4n) is 4.18. The van der Waals surface area contributed by atoms with Crippen molar-refractivity contribution < 1.29 is 19.1 Å². The van der Waals surface area contributed by atoms with E-state index in [2.05, 4.69) is 18.9 Å². The van der Waals surface area contributed by atoms with Gasteiger partial charge in [-0.2, -0.15) is 10.1 Å². The van der Waals surface area contributed by atoms with Crippen LogP contribution in [-0.2, 0) is 14.3 Å². The van der Waals surface area contributed by atoms with Gasteiger partial charge in [-0.25, -0.2) is 4.79 Å². The highest BCUT2D eigenvalue weighted by atomic mass is 35.5. The predicted molar refractivity (Wildman–Crippen MR) is 151 cm³/mol. The van der Waals surface area contributed by atoms with E-state index in [0.29, 0.717) is 19.4 Å². The number of benzene rings is 1. The third kappa shape index (κ3) is 9.77. The van der Waals surface area contributed by atoms with Gasteiger partial charge < -0.3 is 9.64 Å². The summed E-state index contributed by atoms with van der Waals surface area (Å²) < 4.78 is 5.56. The molecule has 206 valence electrons. The van der Waals surface area contributed by atoms with Gasteiger partial charge in [0.2, 0.25) is 6.10 Å². The van der Waals surface area contributed by atoms with Gasteiger partial charge in [0.05, 0.1) is 10.0 Å². The summed E-state index contributed by atoms with van der Waals surface area (Å²) in [6.07, 6.45) is 11.4. The third-order valence-corrected chi connectivity index (χ3v) is 7.07. The Hall–Kier alpha value is -1.83. The van der Waals surface area contributed by atoms with E-state index in [1.165, 1.54) is 50.7 Å². The molecule has 1 unspecified atom stereocenters. The lowest BCUT2D eigenvalue weighted by molar-refractivity contribution is -0.123. The second-order valence-corrected chi connectivity index (χ2v) is 10.5. The van der Waals surface area contributed by atoms with Crippen LogP contribution in [0.3, 0.4) is 0 Å². The highest BCUT2D eigenvalue weighted by molar-refractivity contribution is 6.45. The van der Waals surface area contributed by atoms with E-state index in [1.54, 1.807) is 4.90 Å². The van der Waals surface area contributed by atoms with Gasteiger partial charge in [-0.05, 0) is 25.0 Å². The van der Waals surface area contributed by atoms with Gasteiger partial charge in [0.1, 0.15) is 5.69 Å². The van der Waals surface area contributed by atoms with E-state index in [1.807, 2.05) is 0 Å². The van der Waals surface area contributed by atoms with Gasteiger partial charge in [0, 0.05) is 18.1 Å². The zero-order valence-electron chi connectivity index (χ0n) is 21.8. The van der Waals surface area contributed by atoms with Crippen molar-refractivity contribution in [2.24, 2.45) is 5.10 Å². The fourth-order valence-corrected chi connectivity index (χ4v) is 5.16. The highest BCUT2D eigenvalue weighted by Gasteiger charge is 2.42. The molecule has 2 rings (SSSR count). The lowest BCUT2D eigenvalue weighted by atomic mass is 10.1. The van der Waals surface area contributed by atoms with Crippen molar-refractivity contribution in [3.05, 3.63) is 27.2 Å². The molecule has 1 aromatic carbocycles. The van der Waals surface area contributed by atoms with Crippen LogP contribution in [0.2, 0.25) is 15.1 Å². The molecule has 1 aromatic rings. The number of carbonyl (C=O) groups is 3. The van der Waals surface area contributed by atoms with Crippen LogP contribution < -0.4 is 5.01 Å². The number of anilines is 1. The number of hydrazone groups is 1. The van der Waals surface area contributed by atoms with Gasteiger partial charge in [-0.15, -0.1) is 0 Å². The predicted octanol–water partition coefficient (Wildman–Crippen LogP) is 8.08. The van der Waals surface area contributed by atoms with Crippen molar-refractivity contribution in [1.29, 1.82) is 0 Å². The topological polar surface area (TPSA) is 79.3 Å². The molecule has 0 aliphatic carbocycles. The van der Waals surface area contributed by atoms with Crippen LogP contribution in [0, 0.1) is 0 Å². The molecule has 0 saturated heterocycles. The minimum atomic E-state index is -1.47. The smallest absolute Gasteiger partial charge is 0.410 e. The summed E-state index contributed by atoms with van der Waals surface area (Å²) >= 11 is 18.5. The average molecular weight is 575 g/mol. The van der Waals surface area contributed by atoms with Crippen LogP contribution >= 0.6 is 34.8 Å². The standard InChI is InChI=1S/C27H38Cl3N3O4/c1-3-5-7-9-11-13-15-32(16-14-12-10-8-6-4-2)27(36)37-25-23(19-34)31-33(26(25)35)24-21(29)17-20(28)18-22(24)30/h17-19,25H,3-16H2,1-2H3. The molecule has 0 N–H and O–H groups in total. The Morgan fingerprint density at radius 2 is 1.41 bits per heavy atom. The maximum Gasteiger partial charge on any atom is 0.410 e. The Balaban J connectivity index is 2.06. The Morgan fingerprint density at radius 3 is 1.89 bits per heavy atom. The molecular weight excluding hydrogens is 537 g/mol. The minimum absolute atomic E-state index is 0.0756. The highest BCUT2D eigenvalue weighted by Crippen LogP contribution is 2.38. The molecule has 1 aliphatic rings. The lowest BCUT2D eigenvalue weighted by Crippen LogP contribution is -2.42. The minimum Gasteiger partial charge on any atom is -0.429 e. The number of nitrogens with zero attached hydrogens (tertiary/aromatic N) is 3. The Bertz CT molecular complexity index is 902. The summed E-state index contributed by atoms with van der Waals surface area (Å²) in [4.78, 5) is 39.7. The zero-order chi connectivity index (χ0) is 27.2. The third-order valence-electron chi connectivity index (χ3n) is 6.27. The summed E-state index contributed by atoms with van der Waals surface area (Å²) in [5.41, 5.74) is -0.147. The first-order valence-corrected chi connectivity index (χ1v) is 14.4. The van der Waals surface area contributed by atoms with Crippen LogP contribution in [-0.4, -0.2) is 48.1 Å². The van der Waals surface area contributed by atoms with Crippen LogP contribution in [0.5, 0.6) is 0 Å². The Morgan fingerprint density at radius 1 is 0.919 bits per heavy atom. The van der Waals surface area contributed by atoms with Gasteiger partial charge in [0.25, 0.3) is 5.91 Å². The number of rotatable bonds is 17. The lowest BCUT2D eigenvalue weighted by Gasteiger charge is -2.24. The van der Waals surface area contributed by atoms with E-state index in [9.17, 15) is 14.4 Å². The summed E-state index contributed by atoms with van der Waals surface area (Å²) in [6, 6.07) is 2.83. The second kappa shape index (κ2) is 16.9. The molecule has 0 fully saturated rings. The van der Waals surface area contributed by atoms with Crippen molar-refractivity contribution in [1.82, 2.24) is 4.90 Å². The van der Waals surface area contributed by atoms with Crippen molar-refractivity contribution in [2.45, 2.75) is 97.0 Å². The van der Waals surface area contributed by atoms with E-state index in [0.717, 1.165) is 43.5 Å². The Kier molecular flexibility index (Phi) is 14.3. The molecule has 37 heavy (non-hydrogen) atoms. The number of aldehydes is 1. The van der Waals surface area contributed by atoms with Crippen LogP contribution in [0.1, 0.15) is 90.9 Å². The summed E-state index contributed by atoms with van der Waals surface area (Å²) in [5.74, 6) is -0.722. The van der Waals surface area contributed by atoms with Crippen molar-refractivity contribution in [3.63, 3.8) is 0 Å². The van der Waals surface area contributed by atoms with Crippen molar-refractivity contribution in [2.75, 3.05) is 18.1 Å². The SMILES string of the molecule is CCCCCCCCN(CCCCCCCC)C(=O)OC1C(=O)N(c2c(Cl)cc(Cl)cc2Cl)N=C1C=O. The number of hydrogen-bond donors (Lipinski definition) is 0. The molecular formula is C27H38Cl3N3O4. The van der Waals surface area contributed by atoms with Crippen LogP contribution in [0.25, 0.3) is 0 Å². The summed E-state index contributed by atoms with van der Waals surface area (Å²) in [5, 5.41) is 5.38. The first-order chi connectivity index (χ1) is 17.8. The van der Waals surface area contributed by atoms with Gasteiger partial charge >= 0.3 is 6.09 Å². The largest absolute Gasteiger partial charge is 0.429 e. The molecule has 0 saturated carbocycles. The van der Waals surface area contributed by atoms with Gasteiger partial charge in [-0.3, -0.25) is 9.59 Å². The number of ether oxygens (including phenoxy) is 1. The van der Waals surface area contributed by atoms with Gasteiger partial charge in [-0.1, -0.05) is 113 Å². The number of amides is 2. The molecule has 1 atom stereocenters. The molecule has 0 radical (unpaired) electrons. The summed E-state index contributed by atoms with van der Waals surface area (Å²) in [6.45, 7) is 5.42. The number of carbonyl (C=O) groups excluding carboxylic acids is 3. The molecule has 0 aromatic heterocycles. The normalized spacial score (nSPS) is 15.2. The maximum atomic E-state index is 13.2. The van der Waals surface area contributed by atoms with Crippen LogP contribution in [0.4, 0.5) is 10.5 Å². The summed E-state index contributed by atoms with van der Waals surface area (Å²) in [7, 11) is 0. The van der Waals surface area contributed by atoms with E-state index >= 15 is 0 Å². The fraction of sp³-hybridized carbons (Fsp3) is 0.630. The molecule has 0 bridgehead atoms. The first-order valence-electron chi connectivity index (χ1n) is 13.3. The molecule has 1 aliphatic heterocycles. The molecule has 10 heteroatoms. The molecule has 7 nitrogen and oxygen atoms in total.